The van der Waals surface area contributed by atoms with Gasteiger partial charge in [0.1, 0.15) is 0 Å². The first kappa shape index (κ1) is 16.1. The first-order valence-electron chi connectivity index (χ1n) is 5.75. The minimum atomic E-state index is -0.274. The van der Waals surface area contributed by atoms with Gasteiger partial charge in [0.2, 0.25) is 0 Å². The molecule has 0 aromatic rings. The molecule has 0 atom stereocenters. The maximum atomic E-state index is 11.1. The molecule has 0 heterocycles. The second-order valence-corrected chi connectivity index (χ2v) is 3.88. The van der Waals surface area contributed by atoms with Gasteiger partial charge in [0.05, 0.1) is 13.7 Å². The van der Waals surface area contributed by atoms with E-state index in [9.17, 15) is 4.79 Å². The average Bonchev–Trinajstić information content (AvgIpc) is 2.34. The van der Waals surface area contributed by atoms with Gasteiger partial charge >= 0.3 is 5.97 Å². The summed E-state index contributed by atoms with van der Waals surface area (Å²) in [6.45, 7) is 5.93. The molecule has 0 aromatic carbocycles. The molecule has 0 unspecified atom stereocenters. The molecule has 0 aliphatic rings. The van der Waals surface area contributed by atoms with Gasteiger partial charge in [-0.2, -0.15) is 0 Å². The van der Waals surface area contributed by atoms with Crippen LogP contribution in [0.5, 0.6) is 0 Å². The minimum Gasteiger partial charge on any atom is -0.466 e. The number of esters is 1. The maximum Gasteiger partial charge on any atom is 0.333 e. The smallest absolute Gasteiger partial charge is 0.333 e. The number of likely N-dealkylation sites (N-methyl/N-ethyl adjacent to an activating group) is 1. The summed E-state index contributed by atoms with van der Waals surface area (Å²) in [5, 5.41) is 3.24. The van der Waals surface area contributed by atoms with E-state index in [4.69, 9.17) is 4.74 Å². The molecule has 0 rings (SSSR count). The van der Waals surface area contributed by atoms with Crippen molar-refractivity contribution in [2.45, 2.75) is 6.92 Å². The van der Waals surface area contributed by atoms with Crippen molar-refractivity contribution in [1.29, 1.82) is 0 Å². The van der Waals surface area contributed by atoms with Crippen LogP contribution in [0.1, 0.15) is 6.92 Å². The molecule has 0 radical (unpaired) electrons. The highest BCUT2D eigenvalue weighted by atomic mass is 16.5. The Balaban J connectivity index is 3.54. The lowest BCUT2D eigenvalue weighted by Crippen LogP contribution is -2.31. The van der Waals surface area contributed by atoms with E-state index in [2.05, 4.69) is 22.0 Å². The van der Waals surface area contributed by atoms with Crippen LogP contribution in [0.2, 0.25) is 0 Å². The lowest BCUT2D eigenvalue weighted by molar-refractivity contribution is -0.136. The SMILES string of the molecule is COCCN(C)CCNC/C=C(/C)C(=O)OC. The second kappa shape index (κ2) is 10.3. The standard InChI is InChI=1S/C12H24N2O3/c1-11(12(15)17-4)5-6-13-7-8-14(2)9-10-16-3/h5,13H,6-10H2,1-4H3/b11-5-. The molecule has 5 nitrogen and oxygen atoms in total. The fraction of sp³-hybridized carbons (Fsp3) is 0.750. The van der Waals surface area contributed by atoms with E-state index in [1.54, 1.807) is 14.0 Å². The number of ether oxygens (including phenoxy) is 2. The monoisotopic (exact) mass is 244 g/mol. The molecule has 0 saturated carbocycles. The molecule has 5 heteroatoms. The first-order chi connectivity index (χ1) is 8.11. The summed E-state index contributed by atoms with van der Waals surface area (Å²) in [6.07, 6.45) is 1.83. The molecular formula is C12H24N2O3. The van der Waals surface area contributed by atoms with Gasteiger partial charge in [-0.3, -0.25) is 0 Å². The summed E-state index contributed by atoms with van der Waals surface area (Å²) in [5.74, 6) is -0.274. The van der Waals surface area contributed by atoms with Crippen LogP contribution < -0.4 is 5.32 Å². The van der Waals surface area contributed by atoms with Crippen LogP contribution in [0.25, 0.3) is 0 Å². The number of hydrogen-bond acceptors (Lipinski definition) is 5. The zero-order valence-corrected chi connectivity index (χ0v) is 11.3. The summed E-state index contributed by atoms with van der Waals surface area (Å²) in [7, 11) is 5.14. The lowest BCUT2D eigenvalue weighted by atomic mass is 10.3. The Labute approximate surface area is 104 Å². The third kappa shape index (κ3) is 8.85. The van der Waals surface area contributed by atoms with Crippen LogP contribution in [0.15, 0.2) is 11.6 Å². The number of nitrogens with one attached hydrogen (secondary N) is 1. The van der Waals surface area contributed by atoms with Gasteiger partial charge in [-0.25, -0.2) is 4.79 Å². The Morgan fingerprint density at radius 3 is 2.65 bits per heavy atom. The van der Waals surface area contributed by atoms with Crippen LogP contribution in [0.3, 0.4) is 0 Å². The predicted octanol–water partition coefficient (Wildman–Crippen LogP) is 0.274. The fourth-order valence-electron chi connectivity index (χ4n) is 1.20. The third-order valence-corrected chi connectivity index (χ3v) is 2.41. The Bertz CT molecular complexity index is 242. The highest BCUT2D eigenvalue weighted by Gasteiger charge is 2.01. The molecule has 17 heavy (non-hydrogen) atoms. The normalized spacial score (nSPS) is 11.9. The Hall–Kier alpha value is -0.910. The Morgan fingerprint density at radius 1 is 1.35 bits per heavy atom. The van der Waals surface area contributed by atoms with Gasteiger partial charge in [-0.05, 0) is 14.0 Å². The lowest BCUT2D eigenvalue weighted by Gasteiger charge is -2.15. The van der Waals surface area contributed by atoms with Gasteiger partial charge in [0.15, 0.2) is 0 Å². The van der Waals surface area contributed by atoms with Crippen LogP contribution >= 0.6 is 0 Å². The molecule has 0 bridgehead atoms. The number of rotatable bonds is 9. The summed E-state index contributed by atoms with van der Waals surface area (Å²) in [5.41, 5.74) is 0.632. The molecule has 1 N–H and O–H groups in total. The van der Waals surface area contributed by atoms with E-state index in [0.29, 0.717) is 12.1 Å². The fourth-order valence-corrected chi connectivity index (χ4v) is 1.20. The number of carbonyl (C=O) groups excluding carboxylic acids is 1. The van der Waals surface area contributed by atoms with E-state index in [-0.39, 0.29) is 5.97 Å². The molecule has 0 saturated heterocycles. The predicted molar refractivity (Wildman–Crippen MR) is 68.0 cm³/mol. The Morgan fingerprint density at radius 2 is 2.06 bits per heavy atom. The van der Waals surface area contributed by atoms with Crippen molar-refractivity contribution in [1.82, 2.24) is 10.2 Å². The number of nitrogens with zero attached hydrogens (tertiary/aromatic N) is 1. The molecule has 0 spiro atoms. The van der Waals surface area contributed by atoms with Crippen molar-refractivity contribution in [3.8, 4) is 0 Å². The van der Waals surface area contributed by atoms with Gasteiger partial charge in [0.25, 0.3) is 0 Å². The van der Waals surface area contributed by atoms with Crippen molar-refractivity contribution in [3.05, 3.63) is 11.6 Å². The van der Waals surface area contributed by atoms with Crippen LogP contribution in [-0.2, 0) is 14.3 Å². The average molecular weight is 244 g/mol. The third-order valence-electron chi connectivity index (χ3n) is 2.41. The number of methoxy groups -OCH3 is 2. The van der Waals surface area contributed by atoms with E-state index in [1.807, 2.05) is 6.08 Å². The zero-order valence-electron chi connectivity index (χ0n) is 11.3. The van der Waals surface area contributed by atoms with Gasteiger partial charge in [-0.15, -0.1) is 0 Å². The van der Waals surface area contributed by atoms with Crippen molar-refractivity contribution < 1.29 is 14.3 Å². The largest absolute Gasteiger partial charge is 0.466 e. The van der Waals surface area contributed by atoms with E-state index >= 15 is 0 Å². The summed E-state index contributed by atoms with van der Waals surface area (Å²) >= 11 is 0. The molecule has 0 fully saturated rings. The molecule has 0 aromatic heterocycles. The summed E-state index contributed by atoms with van der Waals surface area (Å²) in [4.78, 5) is 13.2. The van der Waals surface area contributed by atoms with Crippen molar-refractivity contribution in [3.63, 3.8) is 0 Å². The van der Waals surface area contributed by atoms with Gasteiger partial charge < -0.3 is 19.7 Å². The quantitative estimate of drug-likeness (QED) is 0.358. The highest BCUT2D eigenvalue weighted by molar-refractivity contribution is 5.87. The second-order valence-electron chi connectivity index (χ2n) is 3.88. The summed E-state index contributed by atoms with van der Waals surface area (Å²) in [6, 6.07) is 0. The van der Waals surface area contributed by atoms with E-state index < -0.39 is 0 Å². The minimum absolute atomic E-state index is 0.274. The van der Waals surface area contributed by atoms with Crippen molar-refractivity contribution in [2.24, 2.45) is 0 Å². The van der Waals surface area contributed by atoms with E-state index in [0.717, 1.165) is 26.2 Å². The zero-order chi connectivity index (χ0) is 13.1. The number of hydrogen-bond donors (Lipinski definition) is 1. The van der Waals surface area contributed by atoms with Crippen molar-refractivity contribution in [2.75, 3.05) is 54.1 Å². The first-order valence-corrected chi connectivity index (χ1v) is 5.75. The Kier molecular flexibility index (Phi) is 9.71. The van der Waals surface area contributed by atoms with Crippen LogP contribution in [0, 0.1) is 0 Å². The molecule has 0 aliphatic heterocycles. The number of carbonyl (C=O) groups is 1. The molecular weight excluding hydrogens is 220 g/mol. The topological polar surface area (TPSA) is 50.8 Å². The highest BCUT2D eigenvalue weighted by Crippen LogP contribution is 1.93. The van der Waals surface area contributed by atoms with Gasteiger partial charge in [-0.1, -0.05) is 6.08 Å². The maximum absolute atomic E-state index is 11.1. The molecule has 0 amide bonds. The molecule has 100 valence electrons. The van der Waals surface area contributed by atoms with Crippen LogP contribution in [0.4, 0.5) is 0 Å². The van der Waals surface area contributed by atoms with E-state index in [1.165, 1.54) is 7.11 Å². The molecule has 0 aliphatic carbocycles. The van der Waals surface area contributed by atoms with Crippen LogP contribution in [-0.4, -0.2) is 64.9 Å². The van der Waals surface area contributed by atoms with Crippen molar-refractivity contribution >= 4 is 5.97 Å². The summed E-state index contributed by atoms with van der Waals surface area (Å²) < 4.78 is 9.58. The van der Waals surface area contributed by atoms with Gasteiger partial charge in [0, 0.05) is 38.9 Å².